The molecule has 0 rings (SSSR count). The lowest BCUT2D eigenvalue weighted by molar-refractivity contribution is 0.288. The standard InChI is InChI=1S/C9H19N3OS/c1-7(12-14)4-5-8(11-2)6-9(10)13-3/h6-7,12,14H,4-5,10H2,1-3H3. The Balaban J connectivity index is 4.06. The Hall–Kier alpha value is -0.680. The summed E-state index contributed by atoms with van der Waals surface area (Å²) >= 11 is 3.98. The predicted octanol–water partition coefficient (Wildman–Crippen LogP) is 1.11. The van der Waals surface area contributed by atoms with E-state index < -0.39 is 0 Å². The maximum Gasteiger partial charge on any atom is 0.185 e. The van der Waals surface area contributed by atoms with E-state index in [9.17, 15) is 0 Å². The summed E-state index contributed by atoms with van der Waals surface area (Å²) in [6.07, 6.45) is 3.56. The van der Waals surface area contributed by atoms with E-state index in [2.05, 4.69) is 29.5 Å². The van der Waals surface area contributed by atoms with Crippen molar-refractivity contribution in [1.29, 1.82) is 0 Å². The average molecular weight is 217 g/mol. The van der Waals surface area contributed by atoms with Gasteiger partial charge < -0.3 is 10.5 Å². The number of hydrogen-bond acceptors (Lipinski definition) is 5. The van der Waals surface area contributed by atoms with E-state index in [1.165, 1.54) is 7.11 Å². The number of ether oxygens (including phenoxy) is 1. The van der Waals surface area contributed by atoms with Crippen LogP contribution in [0.15, 0.2) is 17.0 Å². The van der Waals surface area contributed by atoms with E-state index in [1.807, 2.05) is 0 Å². The molecular weight excluding hydrogens is 198 g/mol. The van der Waals surface area contributed by atoms with Crippen LogP contribution in [0, 0.1) is 0 Å². The van der Waals surface area contributed by atoms with Crippen LogP contribution in [-0.4, -0.2) is 25.9 Å². The molecule has 0 aliphatic rings. The Kier molecular flexibility index (Phi) is 7.32. The number of nitrogens with two attached hydrogens (primary N) is 1. The van der Waals surface area contributed by atoms with Gasteiger partial charge in [-0.2, -0.15) is 0 Å². The molecule has 14 heavy (non-hydrogen) atoms. The normalized spacial score (nSPS) is 15.4. The van der Waals surface area contributed by atoms with Gasteiger partial charge in [0.1, 0.15) is 0 Å². The molecule has 0 saturated heterocycles. The van der Waals surface area contributed by atoms with E-state index in [0.29, 0.717) is 11.9 Å². The Labute approximate surface area is 91.2 Å². The third-order valence-corrected chi connectivity index (χ3v) is 2.33. The zero-order chi connectivity index (χ0) is 11.0. The fourth-order valence-corrected chi connectivity index (χ4v) is 1.03. The van der Waals surface area contributed by atoms with Gasteiger partial charge in [0.25, 0.3) is 0 Å². The second-order valence-corrected chi connectivity index (χ2v) is 3.29. The van der Waals surface area contributed by atoms with Crippen LogP contribution in [0.1, 0.15) is 19.8 Å². The zero-order valence-electron chi connectivity index (χ0n) is 8.95. The summed E-state index contributed by atoms with van der Waals surface area (Å²) in [5.74, 6) is 0.386. The quantitative estimate of drug-likeness (QED) is 0.355. The number of hydrogen-bond donors (Lipinski definition) is 3. The molecule has 0 spiro atoms. The van der Waals surface area contributed by atoms with Gasteiger partial charge >= 0.3 is 0 Å². The number of nitrogens with zero attached hydrogens (tertiary/aromatic N) is 1. The Morgan fingerprint density at radius 2 is 2.36 bits per heavy atom. The van der Waals surface area contributed by atoms with Gasteiger partial charge in [-0.3, -0.25) is 9.71 Å². The number of thiol groups is 1. The molecule has 0 bridgehead atoms. The third-order valence-electron chi connectivity index (χ3n) is 1.89. The molecule has 0 fully saturated rings. The van der Waals surface area contributed by atoms with Crippen LogP contribution in [0.3, 0.4) is 0 Å². The monoisotopic (exact) mass is 217 g/mol. The van der Waals surface area contributed by atoms with E-state index in [-0.39, 0.29) is 0 Å². The van der Waals surface area contributed by atoms with Crippen LogP contribution in [0.25, 0.3) is 0 Å². The molecule has 0 aliphatic heterocycles. The summed E-state index contributed by atoms with van der Waals surface area (Å²) in [7, 11) is 3.28. The first kappa shape index (κ1) is 13.3. The first-order valence-corrected chi connectivity index (χ1v) is 4.95. The maximum absolute atomic E-state index is 5.52. The van der Waals surface area contributed by atoms with Crippen LogP contribution in [-0.2, 0) is 4.74 Å². The number of aliphatic imine (C=N–C) groups is 1. The molecule has 0 aromatic rings. The summed E-state index contributed by atoms with van der Waals surface area (Å²) in [6, 6.07) is 0.354. The summed E-state index contributed by atoms with van der Waals surface area (Å²) in [5, 5.41) is 0. The summed E-state index contributed by atoms with van der Waals surface area (Å²) in [6.45, 7) is 2.06. The van der Waals surface area contributed by atoms with Crippen molar-refractivity contribution in [1.82, 2.24) is 4.72 Å². The Bertz CT molecular complexity index is 216. The van der Waals surface area contributed by atoms with E-state index >= 15 is 0 Å². The van der Waals surface area contributed by atoms with Crippen molar-refractivity contribution >= 4 is 18.5 Å². The highest BCUT2D eigenvalue weighted by Gasteiger charge is 2.02. The molecule has 5 heteroatoms. The number of rotatable bonds is 6. The van der Waals surface area contributed by atoms with Crippen molar-refractivity contribution in [3.05, 3.63) is 12.0 Å². The molecule has 0 aliphatic carbocycles. The van der Waals surface area contributed by atoms with Crippen molar-refractivity contribution in [3.63, 3.8) is 0 Å². The molecular formula is C9H19N3OS. The maximum atomic E-state index is 5.52. The van der Waals surface area contributed by atoms with Crippen LogP contribution >= 0.6 is 12.8 Å². The molecule has 0 heterocycles. The number of allylic oxidation sites excluding steroid dienone is 1. The molecule has 1 atom stereocenters. The lowest BCUT2D eigenvalue weighted by Gasteiger charge is -2.08. The molecule has 3 N–H and O–H groups in total. The van der Waals surface area contributed by atoms with E-state index in [4.69, 9.17) is 10.5 Å². The highest BCUT2D eigenvalue weighted by Crippen LogP contribution is 2.01. The van der Waals surface area contributed by atoms with Crippen molar-refractivity contribution in [2.45, 2.75) is 25.8 Å². The lowest BCUT2D eigenvalue weighted by Crippen LogP contribution is -2.17. The molecule has 0 aromatic carbocycles. The SMILES string of the molecule is CN=C(C=C(N)OC)CCC(C)NS. The molecule has 4 nitrogen and oxygen atoms in total. The second-order valence-electron chi connectivity index (χ2n) is 3.03. The average Bonchev–Trinajstić information content (AvgIpc) is 2.22. The van der Waals surface area contributed by atoms with Gasteiger partial charge in [0.2, 0.25) is 0 Å². The van der Waals surface area contributed by atoms with Gasteiger partial charge in [-0.25, -0.2) is 0 Å². The topological polar surface area (TPSA) is 59.6 Å². The fraction of sp³-hybridized carbons (Fsp3) is 0.667. The summed E-state index contributed by atoms with van der Waals surface area (Å²) < 4.78 is 7.71. The highest BCUT2D eigenvalue weighted by atomic mass is 32.1. The summed E-state index contributed by atoms with van der Waals surface area (Å²) in [5.41, 5.74) is 6.45. The Morgan fingerprint density at radius 1 is 1.71 bits per heavy atom. The van der Waals surface area contributed by atoms with Crippen molar-refractivity contribution in [3.8, 4) is 0 Å². The van der Waals surface area contributed by atoms with Gasteiger partial charge in [0, 0.05) is 24.9 Å². The van der Waals surface area contributed by atoms with Gasteiger partial charge in [-0.15, -0.1) is 0 Å². The summed E-state index contributed by atoms with van der Waals surface area (Å²) in [4.78, 5) is 4.11. The van der Waals surface area contributed by atoms with Gasteiger partial charge in [-0.1, -0.05) is 12.8 Å². The van der Waals surface area contributed by atoms with Crippen molar-refractivity contribution < 1.29 is 4.74 Å². The van der Waals surface area contributed by atoms with Crippen LogP contribution in [0.2, 0.25) is 0 Å². The first-order chi connectivity index (χ1) is 6.63. The third kappa shape index (κ3) is 5.88. The Morgan fingerprint density at radius 3 is 2.79 bits per heavy atom. The fourth-order valence-electron chi connectivity index (χ4n) is 0.901. The van der Waals surface area contributed by atoms with Crippen molar-refractivity contribution in [2.24, 2.45) is 10.7 Å². The van der Waals surface area contributed by atoms with E-state index in [1.54, 1.807) is 13.1 Å². The van der Waals surface area contributed by atoms with Gasteiger partial charge in [0.15, 0.2) is 5.88 Å². The number of nitrogens with one attached hydrogen (secondary N) is 1. The minimum absolute atomic E-state index is 0.354. The second kappa shape index (κ2) is 7.70. The minimum Gasteiger partial charge on any atom is -0.483 e. The molecule has 82 valence electrons. The van der Waals surface area contributed by atoms with Crippen LogP contribution in [0.5, 0.6) is 0 Å². The molecule has 0 amide bonds. The zero-order valence-corrected chi connectivity index (χ0v) is 9.84. The predicted molar refractivity (Wildman–Crippen MR) is 63.5 cm³/mol. The van der Waals surface area contributed by atoms with Crippen molar-refractivity contribution in [2.75, 3.05) is 14.2 Å². The molecule has 1 unspecified atom stereocenters. The number of methoxy groups -OCH3 is 1. The molecule has 0 saturated carbocycles. The van der Waals surface area contributed by atoms with Crippen LogP contribution in [0.4, 0.5) is 0 Å². The van der Waals surface area contributed by atoms with E-state index in [0.717, 1.165) is 18.6 Å². The van der Waals surface area contributed by atoms with Gasteiger partial charge in [-0.05, 0) is 19.8 Å². The highest BCUT2D eigenvalue weighted by molar-refractivity contribution is 7.78. The molecule has 0 radical (unpaired) electrons. The minimum atomic E-state index is 0.354. The molecule has 0 aromatic heterocycles. The smallest absolute Gasteiger partial charge is 0.185 e. The van der Waals surface area contributed by atoms with Gasteiger partial charge in [0.05, 0.1) is 7.11 Å². The van der Waals surface area contributed by atoms with Crippen LogP contribution < -0.4 is 10.5 Å². The lowest BCUT2D eigenvalue weighted by atomic mass is 10.1. The first-order valence-electron chi connectivity index (χ1n) is 4.50. The largest absolute Gasteiger partial charge is 0.483 e.